The minimum absolute atomic E-state index is 0.182. The van der Waals surface area contributed by atoms with Crippen molar-refractivity contribution in [3.63, 3.8) is 0 Å². The highest BCUT2D eigenvalue weighted by atomic mass is 35.5. The van der Waals surface area contributed by atoms with E-state index in [4.69, 9.17) is 11.6 Å². The maximum atomic E-state index is 12.9. The number of sulfonamides is 1. The van der Waals surface area contributed by atoms with Crippen molar-refractivity contribution in [2.45, 2.75) is 18.7 Å². The fraction of sp³-hybridized carbons (Fsp3) is 0.130. The molecule has 0 atom stereocenters. The van der Waals surface area contributed by atoms with Gasteiger partial charge in [-0.15, -0.1) is 0 Å². The van der Waals surface area contributed by atoms with Crippen molar-refractivity contribution in [3.8, 4) is 0 Å². The summed E-state index contributed by atoms with van der Waals surface area (Å²) in [6.07, 6.45) is 0. The molecule has 32 heavy (non-hydrogen) atoms. The molecule has 3 aromatic rings. The third-order valence-electron chi connectivity index (χ3n) is 4.71. The van der Waals surface area contributed by atoms with E-state index in [9.17, 15) is 18.0 Å². The average molecular weight is 472 g/mol. The first-order chi connectivity index (χ1) is 15.1. The van der Waals surface area contributed by atoms with Crippen molar-refractivity contribution < 1.29 is 18.0 Å². The lowest BCUT2D eigenvalue weighted by atomic mass is 10.2. The van der Waals surface area contributed by atoms with Crippen molar-refractivity contribution in [3.05, 3.63) is 82.9 Å². The van der Waals surface area contributed by atoms with E-state index in [1.807, 2.05) is 6.92 Å². The Bertz CT molecular complexity index is 1260. The summed E-state index contributed by atoms with van der Waals surface area (Å²) < 4.78 is 26.9. The average Bonchev–Trinajstić information content (AvgIpc) is 2.75. The van der Waals surface area contributed by atoms with E-state index < -0.39 is 15.9 Å². The lowest BCUT2D eigenvalue weighted by Crippen LogP contribution is -2.26. The maximum absolute atomic E-state index is 12.9. The van der Waals surface area contributed by atoms with Crippen molar-refractivity contribution in [2.24, 2.45) is 0 Å². The van der Waals surface area contributed by atoms with Crippen LogP contribution in [0.4, 0.5) is 17.1 Å². The largest absolute Gasteiger partial charge is 0.326 e. The Morgan fingerprint density at radius 2 is 1.53 bits per heavy atom. The zero-order valence-electron chi connectivity index (χ0n) is 17.7. The SMILES string of the molecule is CC(=O)Nc1ccc(Cl)c(NC(=O)c2ccc(N(C)S(=O)(=O)c3ccc(C)cc3)cc2)c1. The van der Waals surface area contributed by atoms with Crippen molar-refractivity contribution >= 4 is 50.5 Å². The van der Waals surface area contributed by atoms with Crippen LogP contribution in [0.5, 0.6) is 0 Å². The Hall–Kier alpha value is -3.36. The van der Waals surface area contributed by atoms with Gasteiger partial charge in [0.25, 0.3) is 15.9 Å². The molecule has 0 aliphatic heterocycles. The maximum Gasteiger partial charge on any atom is 0.264 e. The topological polar surface area (TPSA) is 95.6 Å². The van der Waals surface area contributed by atoms with Crippen LogP contribution in [-0.2, 0) is 14.8 Å². The first-order valence-corrected chi connectivity index (χ1v) is 11.4. The molecule has 0 heterocycles. The van der Waals surface area contributed by atoms with Gasteiger partial charge < -0.3 is 10.6 Å². The quantitative estimate of drug-likeness (QED) is 0.545. The summed E-state index contributed by atoms with van der Waals surface area (Å²) in [6.45, 7) is 3.26. The number of carbonyl (C=O) groups excluding carboxylic acids is 2. The molecule has 0 unspecified atom stereocenters. The number of amides is 2. The minimum atomic E-state index is -3.73. The molecule has 3 rings (SSSR count). The monoisotopic (exact) mass is 471 g/mol. The van der Waals surface area contributed by atoms with E-state index in [2.05, 4.69) is 10.6 Å². The lowest BCUT2D eigenvalue weighted by Gasteiger charge is -2.20. The van der Waals surface area contributed by atoms with Crippen LogP contribution < -0.4 is 14.9 Å². The highest BCUT2D eigenvalue weighted by Crippen LogP contribution is 2.27. The summed E-state index contributed by atoms with van der Waals surface area (Å²) >= 11 is 6.15. The van der Waals surface area contributed by atoms with E-state index in [1.54, 1.807) is 54.6 Å². The smallest absolute Gasteiger partial charge is 0.264 e. The number of hydrogen-bond donors (Lipinski definition) is 2. The molecule has 0 radical (unpaired) electrons. The fourth-order valence-corrected chi connectivity index (χ4v) is 4.29. The second-order valence-electron chi connectivity index (χ2n) is 7.16. The molecule has 2 N–H and O–H groups in total. The zero-order valence-corrected chi connectivity index (χ0v) is 19.3. The Labute approximate surface area is 192 Å². The third-order valence-corrected chi connectivity index (χ3v) is 6.84. The summed E-state index contributed by atoms with van der Waals surface area (Å²) in [5, 5.41) is 5.63. The highest BCUT2D eigenvalue weighted by molar-refractivity contribution is 7.92. The summed E-state index contributed by atoms with van der Waals surface area (Å²) in [5.41, 5.74) is 2.52. The van der Waals surface area contributed by atoms with Crippen LogP contribution >= 0.6 is 11.6 Å². The van der Waals surface area contributed by atoms with Gasteiger partial charge in [-0.25, -0.2) is 8.42 Å². The minimum Gasteiger partial charge on any atom is -0.326 e. The van der Waals surface area contributed by atoms with Crippen LogP contribution in [0.25, 0.3) is 0 Å². The predicted octanol–water partition coefficient (Wildman–Crippen LogP) is 4.68. The van der Waals surface area contributed by atoms with Crippen LogP contribution in [-0.4, -0.2) is 27.3 Å². The van der Waals surface area contributed by atoms with Crippen LogP contribution in [0.3, 0.4) is 0 Å². The van der Waals surface area contributed by atoms with Crippen molar-refractivity contribution in [1.82, 2.24) is 0 Å². The summed E-state index contributed by atoms with van der Waals surface area (Å²) in [7, 11) is -2.27. The lowest BCUT2D eigenvalue weighted by molar-refractivity contribution is -0.114. The number of nitrogens with one attached hydrogen (secondary N) is 2. The van der Waals surface area contributed by atoms with Crippen molar-refractivity contribution in [1.29, 1.82) is 0 Å². The van der Waals surface area contributed by atoms with Gasteiger partial charge in [-0.2, -0.15) is 0 Å². The second kappa shape index (κ2) is 9.42. The van der Waals surface area contributed by atoms with Gasteiger partial charge in [0.15, 0.2) is 0 Å². The molecule has 0 saturated heterocycles. The summed E-state index contributed by atoms with van der Waals surface area (Å²) in [6, 6.07) is 17.5. The van der Waals surface area contributed by atoms with E-state index >= 15 is 0 Å². The molecule has 0 aromatic heterocycles. The molecule has 9 heteroatoms. The van der Waals surface area contributed by atoms with Crippen LogP contribution in [0.1, 0.15) is 22.8 Å². The molecule has 0 spiro atoms. The fourth-order valence-electron chi connectivity index (χ4n) is 2.93. The highest BCUT2D eigenvalue weighted by Gasteiger charge is 2.21. The number of nitrogens with zero attached hydrogens (tertiary/aromatic N) is 1. The van der Waals surface area contributed by atoms with Crippen LogP contribution in [0.2, 0.25) is 5.02 Å². The van der Waals surface area contributed by atoms with Crippen molar-refractivity contribution in [2.75, 3.05) is 22.0 Å². The first-order valence-electron chi connectivity index (χ1n) is 9.62. The molecule has 166 valence electrons. The molecule has 2 amide bonds. The van der Waals surface area contributed by atoms with Gasteiger partial charge in [0, 0.05) is 25.2 Å². The summed E-state index contributed by atoms with van der Waals surface area (Å²) in [5.74, 6) is -0.674. The number of benzene rings is 3. The molecule has 0 aliphatic rings. The standard InChI is InChI=1S/C23H22ClN3O4S/c1-15-4-11-20(12-5-15)32(30,31)27(3)19-9-6-17(7-10-19)23(29)26-22-14-18(25-16(2)28)8-13-21(22)24/h4-14H,1-3H3,(H,25,28)(H,26,29). The summed E-state index contributed by atoms with van der Waals surface area (Å²) in [4.78, 5) is 24.1. The molecule has 3 aromatic carbocycles. The van der Waals surface area contributed by atoms with Gasteiger partial charge in [-0.1, -0.05) is 29.3 Å². The van der Waals surface area contributed by atoms with Gasteiger partial charge >= 0.3 is 0 Å². The molecular weight excluding hydrogens is 450 g/mol. The molecule has 7 nitrogen and oxygen atoms in total. The van der Waals surface area contributed by atoms with Gasteiger partial charge in [-0.3, -0.25) is 13.9 Å². The zero-order chi connectivity index (χ0) is 23.5. The normalized spacial score (nSPS) is 11.0. The number of halogens is 1. The first kappa shape index (κ1) is 23.3. The van der Waals surface area contributed by atoms with Crippen LogP contribution in [0, 0.1) is 6.92 Å². The van der Waals surface area contributed by atoms with E-state index in [0.717, 1.165) is 9.87 Å². The molecule has 0 aliphatic carbocycles. The number of anilines is 3. The molecule has 0 fully saturated rings. The van der Waals surface area contributed by atoms with Gasteiger partial charge in [0.05, 0.1) is 21.3 Å². The molecule has 0 saturated carbocycles. The van der Waals surface area contributed by atoms with E-state index in [-0.39, 0.29) is 10.8 Å². The van der Waals surface area contributed by atoms with Gasteiger partial charge in [-0.05, 0) is 61.5 Å². The van der Waals surface area contributed by atoms with Gasteiger partial charge in [0.2, 0.25) is 5.91 Å². The van der Waals surface area contributed by atoms with E-state index in [0.29, 0.717) is 27.6 Å². The Kier molecular flexibility index (Phi) is 6.86. The Balaban J connectivity index is 1.77. The number of carbonyl (C=O) groups is 2. The molecular formula is C23H22ClN3O4S. The second-order valence-corrected chi connectivity index (χ2v) is 9.54. The Morgan fingerprint density at radius 1 is 0.906 bits per heavy atom. The number of hydrogen-bond acceptors (Lipinski definition) is 4. The van der Waals surface area contributed by atoms with E-state index in [1.165, 1.54) is 26.1 Å². The van der Waals surface area contributed by atoms with Gasteiger partial charge in [0.1, 0.15) is 0 Å². The van der Waals surface area contributed by atoms with Crippen LogP contribution in [0.15, 0.2) is 71.6 Å². The number of rotatable bonds is 6. The Morgan fingerprint density at radius 3 is 2.12 bits per heavy atom. The number of aryl methyl sites for hydroxylation is 1. The molecule has 0 bridgehead atoms. The predicted molar refractivity (Wildman–Crippen MR) is 127 cm³/mol. The third kappa shape index (κ3) is 5.27.